The molecule has 0 bridgehead atoms. The van der Waals surface area contributed by atoms with Gasteiger partial charge in [-0.3, -0.25) is 0 Å². The van der Waals surface area contributed by atoms with E-state index >= 15 is 0 Å². The van der Waals surface area contributed by atoms with Gasteiger partial charge in [-0.2, -0.15) is 0 Å². The molecule has 0 radical (unpaired) electrons. The number of hydrogen-bond donors (Lipinski definition) is 1. The van der Waals surface area contributed by atoms with Crippen LogP contribution in [0.5, 0.6) is 0 Å². The maximum Gasteiger partial charge on any atom is 0.184 e. The van der Waals surface area contributed by atoms with Gasteiger partial charge < -0.3 is 5.73 Å². The van der Waals surface area contributed by atoms with E-state index in [9.17, 15) is 0 Å². The quantitative estimate of drug-likeness (QED) is 0.829. The van der Waals surface area contributed by atoms with E-state index in [1.807, 2.05) is 6.07 Å². The van der Waals surface area contributed by atoms with E-state index in [1.54, 1.807) is 16.8 Å². The molecule has 2 aromatic rings. The van der Waals surface area contributed by atoms with Crippen molar-refractivity contribution in [3.63, 3.8) is 0 Å². The monoisotopic (exact) mass is 237 g/mol. The second-order valence-electron chi connectivity index (χ2n) is 3.46. The number of hydrogen-bond acceptors (Lipinski definition) is 4. The summed E-state index contributed by atoms with van der Waals surface area (Å²) in [6.07, 6.45) is 0.964. The van der Waals surface area contributed by atoms with Crippen LogP contribution in [0.25, 0.3) is 11.4 Å². The summed E-state index contributed by atoms with van der Waals surface area (Å²) in [5.74, 6) is 0.677. The molecule has 1 aromatic heterocycles. The Hall–Kier alpha value is -1.62. The molecule has 2 rings (SSSR count). The third-order valence-electron chi connectivity index (χ3n) is 2.22. The molecule has 6 heteroatoms. The van der Waals surface area contributed by atoms with Crippen LogP contribution in [-0.4, -0.2) is 20.2 Å². The minimum absolute atomic E-state index is 0.583. The summed E-state index contributed by atoms with van der Waals surface area (Å²) < 4.78 is 1.74. The maximum atomic E-state index is 5.88. The molecule has 0 aliphatic rings. The van der Waals surface area contributed by atoms with Crippen LogP contribution in [-0.2, 0) is 6.54 Å². The average Bonchev–Trinajstić information content (AvgIpc) is 2.67. The molecule has 0 amide bonds. The predicted molar refractivity (Wildman–Crippen MR) is 63.0 cm³/mol. The van der Waals surface area contributed by atoms with Crippen LogP contribution < -0.4 is 5.73 Å². The van der Waals surface area contributed by atoms with Gasteiger partial charge in [-0.15, -0.1) is 5.10 Å². The molecular formula is C10H12ClN5. The number of rotatable bonds is 3. The van der Waals surface area contributed by atoms with Crippen molar-refractivity contribution in [1.29, 1.82) is 0 Å². The third-order valence-corrected chi connectivity index (χ3v) is 2.46. The molecule has 0 aliphatic carbocycles. The summed E-state index contributed by atoms with van der Waals surface area (Å²) >= 11 is 5.84. The molecule has 0 aliphatic heterocycles. The zero-order chi connectivity index (χ0) is 11.5. The fraction of sp³-hybridized carbons (Fsp3) is 0.300. The first-order chi connectivity index (χ1) is 7.72. The van der Waals surface area contributed by atoms with Crippen LogP contribution in [0.4, 0.5) is 5.69 Å². The van der Waals surface area contributed by atoms with Gasteiger partial charge in [0.25, 0.3) is 0 Å². The van der Waals surface area contributed by atoms with Gasteiger partial charge in [0, 0.05) is 22.8 Å². The molecule has 0 spiro atoms. The highest BCUT2D eigenvalue weighted by molar-refractivity contribution is 6.31. The standard InChI is InChI=1S/C10H12ClN5/c1-2-5-16-10(13-14-15-16)8-4-3-7(11)6-9(8)12/h3-4,6H,2,5,12H2,1H3. The van der Waals surface area contributed by atoms with Crippen LogP contribution >= 0.6 is 11.6 Å². The van der Waals surface area contributed by atoms with Crippen molar-refractivity contribution < 1.29 is 0 Å². The van der Waals surface area contributed by atoms with E-state index in [2.05, 4.69) is 22.4 Å². The molecule has 0 atom stereocenters. The number of halogens is 1. The topological polar surface area (TPSA) is 69.6 Å². The molecular weight excluding hydrogens is 226 g/mol. The SMILES string of the molecule is CCCn1nnnc1-c1ccc(Cl)cc1N. The predicted octanol–water partition coefficient (Wildman–Crippen LogP) is 1.99. The smallest absolute Gasteiger partial charge is 0.184 e. The Morgan fingerprint density at radius 2 is 2.25 bits per heavy atom. The summed E-state index contributed by atoms with van der Waals surface area (Å²) in [6.45, 7) is 2.83. The van der Waals surface area contributed by atoms with Gasteiger partial charge in [-0.05, 0) is 35.0 Å². The molecule has 2 N–H and O–H groups in total. The fourth-order valence-electron chi connectivity index (χ4n) is 1.50. The lowest BCUT2D eigenvalue weighted by atomic mass is 10.1. The summed E-state index contributed by atoms with van der Waals surface area (Å²) in [6, 6.07) is 5.30. The van der Waals surface area contributed by atoms with Crippen LogP contribution in [0.1, 0.15) is 13.3 Å². The highest BCUT2D eigenvalue weighted by Gasteiger charge is 2.11. The zero-order valence-electron chi connectivity index (χ0n) is 8.89. The van der Waals surface area contributed by atoms with Gasteiger partial charge >= 0.3 is 0 Å². The van der Waals surface area contributed by atoms with Crippen molar-refractivity contribution >= 4 is 17.3 Å². The van der Waals surface area contributed by atoms with Gasteiger partial charge in [0.2, 0.25) is 0 Å². The van der Waals surface area contributed by atoms with Crippen LogP contribution in [0.15, 0.2) is 18.2 Å². The third kappa shape index (κ3) is 1.99. The molecule has 0 fully saturated rings. The lowest BCUT2D eigenvalue weighted by molar-refractivity contribution is 0.583. The lowest BCUT2D eigenvalue weighted by Crippen LogP contribution is -2.03. The number of nitrogen functional groups attached to an aromatic ring is 1. The Balaban J connectivity index is 2.46. The molecule has 0 saturated heterocycles. The molecule has 84 valence electrons. The Bertz CT molecular complexity index is 494. The normalized spacial score (nSPS) is 10.6. The summed E-state index contributed by atoms with van der Waals surface area (Å²) in [5.41, 5.74) is 7.28. The number of aryl methyl sites for hydroxylation is 1. The summed E-state index contributed by atoms with van der Waals surface area (Å²) in [5, 5.41) is 12.1. The second kappa shape index (κ2) is 4.49. The van der Waals surface area contributed by atoms with E-state index in [4.69, 9.17) is 17.3 Å². The Morgan fingerprint density at radius 1 is 1.44 bits per heavy atom. The van der Waals surface area contributed by atoms with Crippen LogP contribution in [0.2, 0.25) is 5.02 Å². The number of nitrogens with zero attached hydrogens (tertiary/aromatic N) is 4. The van der Waals surface area contributed by atoms with E-state index < -0.39 is 0 Å². The summed E-state index contributed by atoms with van der Waals surface area (Å²) in [4.78, 5) is 0. The van der Waals surface area contributed by atoms with Gasteiger partial charge in [-0.25, -0.2) is 4.68 Å². The Kier molecular flexibility index (Phi) is 3.05. The lowest BCUT2D eigenvalue weighted by Gasteiger charge is -2.05. The average molecular weight is 238 g/mol. The van der Waals surface area contributed by atoms with E-state index in [-0.39, 0.29) is 0 Å². The zero-order valence-corrected chi connectivity index (χ0v) is 9.65. The Labute approximate surface area is 98.2 Å². The minimum atomic E-state index is 0.583. The highest BCUT2D eigenvalue weighted by Crippen LogP contribution is 2.26. The van der Waals surface area contributed by atoms with Gasteiger partial charge in [0.1, 0.15) is 0 Å². The first-order valence-electron chi connectivity index (χ1n) is 5.04. The number of aromatic nitrogens is 4. The first kappa shape index (κ1) is 10.9. The molecule has 0 unspecified atom stereocenters. The Morgan fingerprint density at radius 3 is 2.94 bits per heavy atom. The van der Waals surface area contributed by atoms with Crippen molar-refractivity contribution in [3.8, 4) is 11.4 Å². The highest BCUT2D eigenvalue weighted by atomic mass is 35.5. The molecule has 5 nitrogen and oxygen atoms in total. The van der Waals surface area contributed by atoms with Gasteiger partial charge in [0.15, 0.2) is 5.82 Å². The number of benzene rings is 1. The van der Waals surface area contributed by atoms with Crippen molar-refractivity contribution in [2.24, 2.45) is 0 Å². The van der Waals surface area contributed by atoms with Crippen molar-refractivity contribution in [2.45, 2.75) is 19.9 Å². The van der Waals surface area contributed by atoms with Crippen LogP contribution in [0.3, 0.4) is 0 Å². The summed E-state index contributed by atoms with van der Waals surface area (Å²) in [7, 11) is 0. The molecule has 1 aromatic carbocycles. The number of anilines is 1. The van der Waals surface area contributed by atoms with Crippen LogP contribution in [0, 0.1) is 0 Å². The molecule has 0 saturated carbocycles. The molecule has 1 heterocycles. The second-order valence-corrected chi connectivity index (χ2v) is 3.89. The van der Waals surface area contributed by atoms with E-state index in [0.717, 1.165) is 18.5 Å². The maximum absolute atomic E-state index is 5.88. The van der Waals surface area contributed by atoms with Crippen molar-refractivity contribution in [2.75, 3.05) is 5.73 Å². The minimum Gasteiger partial charge on any atom is -0.398 e. The number of nitrogens with two attached hydrogens (primary N) is 1. The largest absolute Gasteiger partial charge is 0.398 e. The first-order valence-corrected chi connectivity index (χ1v) is 5.41. The van der Waals surface area contributed by atoms with E-state index in [0.29, 0.717) is 16.5 Å². The van der Waals surface area contributed by atoms with Crippen molar-refractivity contribution in [3.05, 3.63) is 23.2 Å². The van der Waals surface area contributed by atoms with Gasteiger partial charge in [0.05, 0.1) is 0 Å². The molecule has 16 heavy (non-hydrogen) atoms. The fourth-order valence-corrected chi connectivity index (χ4v) is 1.68. The number of tetrazole rings is 1. The van der Waals surface area contributed by atoms with E-state index in [1.165, 1.54) is 0 Å². The van der Waals surface area contributed by atoms with Crippen molar-refractivity contribution in [1.82, 2.24) is 20.2 Å². The van der Waals surface area contributed by atoms with Gasteiger partial charge in [-0.1, -0.05) is 18.5 Å².